The molecular weight excluding hydrogens is 365 g/mol. The lowest BCUT2D eigenvalue weighted by Crippen LogP contribution is -2.28. The van der Waals surface area contributed by atoms with Crippen molar-refractivity contribution in [2.45, 2.75) is 39.5 Å². The quantitative estimate of drug-likeness (QED) is 0.770. The van der Waals surface area contributed by atoms with Crippen LogP contribution in [0.1, 0.15) is 41.6 Å². The number of rotatable bonds is 6. The molecule has 0 saturated heterocycles. The van der Waals surface area contributed by atoms with Gasteiger partial charge in [-0.2, -0.15) is 0 Å². The Morgan fingerprint density at radius 2 is 2.00 bits per heavy atom. The van der Waals surface area contributed by atoms with E-state index in [-0.39, 0.29) is 32.3 Å². The van der Waals surface area contributed by atoms with Gasteiger partial charge in [-0.1, -0.05) is 29.8 Å². The van der Waals surface area contributed by atoms with E-state index in [0.717, 1.165) is 11.1 Å². The summed E-state index contributed by atoms with van der Waals surface area (Å²) in [4.78, 5) is 23.9. The minimum atomic E-state index is -0.510. The van der Waals surface area contributed by atoms with E-state index in [2.05, 4.69) is 5.32 Å². The van der Waals surface area contributed by atoms with Crippen molar-refractivity contribution < 1.29 is 28.2 Å². The number of carbonyl (C=O) groups excluding carboxylic acids is 2. The standard InChI is InChI=1S/C21H22FNO5/c1-13-3-5-15(6-4-13)19(23-14(2)24)9-20(25)27-11-17-8-18(22)7-16-10-26-12-28-21(16)17/h3-8,19H,9-12H2,1-2H3,(H,23,24). The van der Waals surface area contributed by atoms with Gasteiger partial charge in [-0.15, -0.1) is 0 Å². The number of carbonyl (C=O) groups is 2. The lowest BCUT2D eigenvalue weighted by atomic mass is 10.0. The number of hydrogen-bond donors (Lipinski definition) is 1. The molecule has 7 heteroatoms. The molecule has 0 bridgehead atoms. The van der Waals surface area contributed by atoms with E-state index in [4.69, 9.17) is 14.2 Å². The zero-order valence-corrected chi connectivity index (χ0v) is 15.8. The maximum absolute atomic E-state index is 13.8. The molecule has 0 fully saturated rings. The Hall–Kier alpha value is -2.93. The molecule has 0 aromatic heterocycles. The van der Waals surface area contributed by atoms with Gasteiger partial charge in [-0.3, -0.25) is 9.59 Å². The highest BCUT2D eigenvalue weighted by molar-refractivity contribution is 5.76. The van der Waals surface area contributed by atoms with Crippen LogP contribution in [0.2, 0.25) is 0 Å². The topological polar surface area (TPSA) is 73.9 Å². The van der Waals surface area contributed by atoms with E-state index in [1.165, 1.54) is 19.1 Å². The van der Waals surface area contributed by atoms with Crippen LogP contribution in [0.5, 0.6) is 5.75 Å². The van der Waals surface area contributed by atoms with Crippen molar-refractivity contribution in [3.8, 4) is 5.75 Å². The fraction of sp³-hybridized carbons (Fsp3) is 0.333. The number of esters is 1. The second-order valence-corrected chi connectivity index (χ2v) is 6.69. The molecule has 1 unspecified atom stereocenters. The Morgan fingerprint density at radius 1 is 1.25 bits per heavy atom. The third-order valence-corrected chi connectivity index (χ3v) is 4.37. The summed E-state index contributed by atoms with van der Waals surface area (Å²) in [5.74, 6) is -0.720. The number of fused-ring (bicyclic) bond motifs is 1. The van der Waals surface area contributed by atoms with E-state index in [1.807, 2.05) is 31.2 Å². The first-order chi connectivity index (χ1) is 13.4. The van der Waals surface area contributed by atoms with E-state index in [1.54, 1.807) is 0 Å². The van der Waals surface area contributed by atoms with Crippen molar-refractivity contribution in [2.24, 2.45) is 0 Å². The summed E-state index contributed by atoms with van der Waals surface area (Å²) in [6.07, 6.45) is -0.0376. The Kier molecular flexibility index (Phi) is 6.26. The predicted molar refractivity (Wildman–Crippen MR) is 98.8 cm³/mol. The Morgan fingerprint density at radius 3 is 2.71 bits per heavy atom. The maximum Gasteiger partial charge on any atom is 0.308 e. The van der Waals surface area contributed by atoms with Crippen LogP contribution in [0, 0.1) is 12.7 Å². The van der Waals surface area contributed by atoms with Crippen molar-refractivity contribution >= 4 is 11.9 Å². The smallest absolute Gasteiger partial charge is 0.308 e. The molecule has 2 aromatic carbocycles. The molecule has 148 valence electrons. The van der Waals surface area contributed by atoms with Crippen LogP contribution in [-0.2, 0) is 32.3 Å². The first-order valence-electron chi connectivity index (χ1n) is 8.93. The van der Waals surface area contributed by atoms with Gasteiger partial charge in [0.25, 0.3) is 0 Å². The summed E-state index contributed by atoms with van der Waals surface area (Å²) >= 11 is 0. The number of nitrogens with one attached hydrogen (secondary N) is 1. The van der Waals surface area contributed by atoms with Crippen molar-refractivity contribution in [1.29, 1.82) is 0 Å². The molecule has 0 spiro atoms. The molecule has 28 heavy (non-hydrogen) atoms. The molecule has 0 saturated carbocycles. The van der Waals surface area contributed by atoms with Gasteiger partial charge in [0.05, 0.1) is 19.1 Å². The number of amides is 1. The third-order valence-electron chi connectivity index (χ3n) is 4.37. The number of benzene rings is 2. The molecule has 6 nitrogen and oxygen atoms in total. The average molecular weight is 387 g/mol. The van der Waals surface area contributed by atoms with Crippen molar-refractivity contribution in [3.05, 3.63) is 64.5 Å². The van der Waals surface area contributed by atoms with Crippen molar-refractivity contribution in [2.75, 3.05) is 6.79 Å². The van der Waals surface area contributed by atoms with Crippen LogP contribution in [-0.4, -0.2) is 18.7 Å². The summed E-state index contributed by atoms with van der Waals surface area (Å²) in [6, 6.07) is 9.66. The summed E-state index contributed by atoms with van der Waals surface area (Å²) in [6.45, 7) is 3.53. The summed E-state index contributed by atoms with van der Waals surface area (Å²) < 4.78 is 29.7. The molecule has 1 aliphatic heterocycles. The van der Waals surface area contributed by atoms with Gasteiger partial charge in [-0.25, -0.2) is 4.39 Å². The third kappa shape index (κ3) is 5.07. The zero-order chi connectivity index (χ0) is 20.1. The first-order valence-corrected chi connectivity index (χ1v) is 8.93. The molecule has 1 amide bonds. The van der Waals surface area contributed by atoms with E-state index in [0.29, 0.717) is 16.9 Å². The van der Waals surface area contributed by atoms with Gasteiger partial charge in [0.2, 0.25) is 5.91 Å². The van der Waals surface area contributed by atoms with Crippen LogP contribution >= 0.6 is 0 Å². The fourth-order valence-electron chi connectivity index (χ4n) is 3.04. The van der Waals surface area contributed by atoms with Crippen LogP contribution in [0.15, 0.2) is 36.4 Å². The van der Waals surface area contributed by atoms with Gasteiger partial charge in [0.1, 0.15) is 18.2 Å². The average Bonchev–Trinajstić information content (AvgIpc) is 2.65. The fourth-order valence-corrected chi connectivity index (χ4v) is 3.04. The summed E-state index contributed by atoms with van der Waals surface area (Å²) in [5.41, 5.74) is 2.90. The van der Waals surface area contributed by atoms with Crippen molar-refractivity contribution in [1.82, 2.24) is 5.32 Å². The van der Waals surface area contributed by atoms with Gasteiger partial charge < -0.3 is 19.5 Å². The molecule has 0 aliphatic carbocycles. The largest absolute Gasteiger partial charge is 0.467 e. The number of halogens is 1. The van der Waals surface area contributed by atoms with Gasteiger partial charge in [0, 0.05) is 18.1 Å². The number of aryl methyl sites for hydroxylation is 1. The Bertz CT molecular complexity index is 866. The molecule has 2 aromatic rings. The van der Waals surface area contributed by atoms with Gasteiger partial charge in [0.15, 0.2) is 6.79 Å². The lowest BCUT2D eigenvalue weighted by molar-refractivity contribution is -0.145. The SMILES string of the molecule is CC(=O)NC(CC(=O)OCc1cc(F)cc2c1OCOC2)c1ccc(C)cc1. The minimum absolute atomic E-state index is 0.0376. The van der Waals surface area contributed by atoms with Crippen molar-refractivity contribution in [3.63, 3.8) is 0 Å². The monoisotopic (exact) mass is 387 g/mol. The Balaban J connectivity index is 1.67. The zero-order valence-electron chi connectivity index (χ0n) is 15.8. The maximum atomic E-state index is 13.8. The van der Waals surface area contributed by atoms with Crippen LogP contribution in [0.3, 0.4) is 0 Å². The van der Waals surface area contributed by atoms with Gasteiger partial charge >= 0.3 is 5.97 Å². The van der Waals surface area contributed by atoms with Crippen LogP contribution in [0.25, 0.3) is 0 Å². The molecule has 1 heterocycles. The normalized spacial score (nSPS) is 13.8. The summed E-state index contributed by atoms with van der Waals surface area (Å²) in [5, 5.41) is 2.76. The highest BCUT2D eigenvalue weighted by atomic mass is 19.1. The molecule has 3 rings (SSSR count). The van der Waals surface area contributed by atoms with Gasteiger partial charge in [-0.05, 0) is 24.6 Å². The second-order valence-electron chi connectivity index (χ2n) is 6.69. The van der Waals surface area contributed by atoms with Crippen LogP contribution in [0.4, 0.5) is 4.39 Å². The predicted octanol–water partition coefficient (Wildman–Crippen LogP) is 3.31. The molecule has 0 radical (unpaired) electrons. The van der Waals surface area contributed by atoms with E-state index >= 15 is 0 Å². The molecule has 1 atom stereocenters. The lowest BCUT2D eigenvalue weighted by Gasteiger charge is -2.21. The molecule has 1 N–H and O–H groups in total. The number of ether oxygens (including phenoxy) is 3. The summed E-state index contributed by atoms with van der Waals surface area (Å²) in [7, 11) is 0. The van der Waals surface area contributed by atoms with E-state index < -0.39 is 17.8 Å². The molecular formula is C21H22FNO5. The van der Waals surface area contributed by atoms with E-state index in [9.17, 15) is 14.0 Å². The highest BCUT2D eigenvalue weighted by Gasteiger charge is 2.21. The molecule has 1 aliphatic rings. The Labute approximate surface area is 162 Å². The first kappa shape index (κ1) is 19.8. The highest BCUT2D eigenvalue weighted by Crippen LogP contribution is 2.30. The number of hydrogen-bond acceptors (Lipinski definition) is 5. The minimum Gasteiger partial charge on any atom is -0.467 e. The second kappa shape index (κ2) is 8.84. The van der Waals surface area contributed by atoms with Crippen LogP contribution < -0.4 is 10.1 Å².